The molecule has 2 aromatic carbocycles. The molecule has 9 nitrogen and oxygen atoms in total. The summed E-state index contributed by atoms with van der Waals surface area (Å²) in [6, 6.07) is 18.1. The number of hydrogen-bond donors (Lipinski definition) is 1. The number of para-hydroxylation sites is 1. The van der Waals surface area contributed by atoms with Gasteiger partial charge in [0, 0.05) is 11.5 Å². The summed E-state index contributed by atoms with van der Waals surface area (Å²) in [5.41, 5.74) is 2.24. The molecule has 0 aliphatic rings. The Kier molecular flexibility index (Phi) is 14.9. The fourth-order valence-electron chi connectivity index (χ4n) is 3.53. The average Bonchev–Trinajstić information content (AvgIpc) is 2.91. The first-order valence-electron chi connectivity index (χ1n) is 12.3. The van der Waals surface area contributed by atoms with Gasteiger partial charge in [-0.2, -0.15) is 8.42 Å². The highest BCUT2D eigenvalue weighted by Crippen LogP contribution is 2.31. The maximum Gasteiger partial charge on any atom is 0.397 e. The van der Waals surface area contributed by atoms with Gasteiger partial charge >= 0.3 is 10.4 Å². The van der Waals surface area contributed by atoms with Crippen molar-refractivity contribution in [2.45, 2.75) is 25.0 Å². The van der Waals surface area contributed by atoms with E-state index in [9.17, 15) is 8.42 Å². The average molecular weight is 551 g/mol. The predicted octanol–water partition coefficient (Wildman–Crippen LogP) is 4.21. The molecule has 10 heteroatoms. The molecule has 1 N–H and O–H groups in total. The summed E-state index contributed by atoms with van der Waals surface area (Å²) in [6.07, 6.45) is 2.29. The van der Waals surface area contributed by atoms with Crippen LogP contribution in [0.2, 0.25) is 0 Å². The van der Waals surface area contributed by atoms with E-state index in [1.807, 2.05) is 42.5 Å². The smallest absolute Gasteiger partial charge is 0.397 e. The van der Waals surface area contributed by atoms with Gasteiger partial charge in [-0.05, 0) is 11.6 Å². The molecule has 0 aliphatic heterocycles. The molecule has 0 aliphatic carbocycles. The third-order valence-corrected chi connectivity index (χ3v) is 5.84. The third kappa shape index (κ3) is 12.8. The van der Waals surface area contributed by atoms with E-state index in [1.165, 1.54) is 5.56 Å². The van der Waals surface area contributed by atoms with E-state index < -0.39 is 22.6 Å². The number of benzene rings is 2. The van der Waals surface area contributed by atoms with Gasteiger partial charge in [0.2, 0.25) is 0 Å². The zero-order chi connectivity index (χ0) is 27.6. The predicted molar refractivity (Wildman–Crippen MR) is 145 cm³/mol. The van der Waals surface area contributed by atoms with E-state index >= 15 is 0 Å². The normalized spacial score (nSPS) is 13.9. The minimum absolute atomic E-state index is 0.0931. The van der Waals surface area contributed by atoms with Gasteiger partial charge in [-0.1, -0.05) is 67.6 Å². The summed E-state index contributed by atoms with van der Waals surface area (Å²) in [7, 11) is -4.54. The Morgan fingerprint density at radius 2 is 1.42 bits per heavy atom. The summed E-state index contributed by atoms with van der Waals surface area (Å²) < 4.78 is 63.5. The van der Waals surface area contributed by atoms with Crippen LogP contribution in [-0.4, -0.2) is 78.0 Å². The summed E-state index contributed by atoms with van der Waals surface area (Å²) >= 11 is 0. The highest BCUT2D eigenvalue weighted by Gasteiger charge is 2.19. The maximum atomic E-state index is 10.7. The first kappa shape index (κ1) is 31.6. The maximum absolute atomic E-state index is 10.7. The van der Waals surface area contributed by atoms with Gasteiger partial charge in [0.1, 0.15) is 24.6 Å². The lowest BCUT2D eigenvalue weighted by molar-refractivity contribution is -0.0993. The van der Waals surface area contributed by atoms with Gasteiger partial charge in [-0.15, -0.1) is 13.2 Å². The van der Waals surface area contributed by atoms with Crippen molar-refractivity contribution in [3.63, 3.8) is 0 Å². The Morgan fingerprint density at radius 1 is 0.816 bits per heavy atom. The Balaban J connectivity index is 2.02. The lowest BCUT2D eigenvalue weighted by atomic mass is 9.92. The van der Waals surface area contributed by atoms with Gasteiger partial charge in [0.25, 0.3) is 0 Å². The standard InChI is InChI=1S/C28H38O9S/c1-4-15-32-19-25(34-17-18-37-38(29,30)31)21-35-26(20-33-16-5-2)22-36-28-14-10-9-13-27(28)23(3)24-11-7-6-8-12-24/h4-14,23,25-26H,1-2,15-22H2,3H3,(H,29,30,31). The summed E-state index contributed by atoms with van der Waals surface area (Å²) in [6.45, 7) is 10.4. The molecular weight excluding hydrogens is 512 g/mol. The van der Waals surface area contributed by atoms with E-state index in [-0.39, 0.29) is 45.6 Å². The molecule has 0 amide bonds. The third-order valence-electron chi connectivity index (χ3n) is 5.38. The molecule has 3 atom stereocenters. The Labute approximate surface area is 225 Å². The van der Waals surface area contributed by atoms with Crippen LogP contribution in [0.1, 0.15) is 24.0 Å². The van der Waals surface area contributed by atoms with Crippen molar-refractivity contribution < 1.29 is 40.8 Å². The molecule has 0 saturated heterocycles. The summed E-state index contributed by atoms with van der Waals surface area (Å²) in [5.74, 6) is 0.888. The van der Waals surface area contributed by atoms with Crippen LogP contribution in [0.4, 0.5) is 0 Å². The van der Waals surface area contributed by atoms with Gasteiger partial charge in [0.05, 0.1) is 46.2 Å². The second-order valence-electron chi connectivity index (χ2n) is 8.33. The summed E-state index contributed by atoms with van der Waals surface area (Å²) in [5, 5.41) is 0. The lowest BCUT2D eigenvalue weighted by Gasteiger charge is -2.24. The van der Waals surface area contributed by atoms with Crippen LogP contribution in [0.25, 0.3) is 0 Å². The van der Waals surface area contributed by atoms with Crippen molar-refractivity contribution in [3.8, 4) is 5.75 Å². The minimum Gasteiger partial charge on any atom is -0.490 e. The van der Waals surface area contributed by atoms with E-state index in [2.05, 4.69) is 36.4 Å². The number of rotatable bonds is 21. The van der Waals surface area contributed by atoms with Crippen molar-refractivity contribution in [2.75, 3.05) is 52.9 Å². The van der Waals surface area contributed by atoms with Crippen LogP contribution in [0.3, 0.4) is 0 Å². The Hall–Kier alpha value is -2.57. The Morgan fingerprint density at radius 3 is 2.05 bits per heavy atom. The molecule has 0 aromatic heterocycles. The second-order valence-corrected chi connectivity index (χ2v) is 9.42. The number of ether oxygens (including phenoxy) is 5. The SMILES string of the molecule is C=CCOCC(COc1ccccc1C(C)c1ccccc1)OCC(COCC=C)OCCOS(=O)(=O)O. The first-order valence-corrected chi connectivity index (χ1v) is 13.7. The van der Waals surface area contributed by atoms with Crippen molar-refractivity contribution in [2.24, 2.45) is 0 Å². The molecule has 2 aromatic rings. The first-order chi connectivity index (χ1) is 18.3. The fourth-order valence-corrected chi connectivity index (χ4v) is 3.80. The van der Waals surface area contributed by atoms with Gasteiger partial charge < -0.3 is 23.7 Å². The fraction of sp³-hybridized carbons (Fsp3) is 0.429. The topological polar surface area (TPSA) is 110 Å². The lowest BCUT2D eigenvalue weighted by Crippen LogP contribution is -2.34. The van der Waals surface area contributed by atoms with Gasteiger partial charge in [-0.3, -0.25) is 4.55 Å². The highest BCUT2D eigenvalue weighted by atomic mass is 32.3. The van der Waals surface area contributed by atoms with Crippen LogP contribution < -0.4 is 4.74 Å². The van der Waals surface area contributed by atoms with Crippen LogP contribution in [-0.2, 0) is 33.5 Å². The zero-order valence-corrected chi connectivity index (χ0v) is 22.6. The van der Waals surface area contributed by atoms with Crippen molar-refractivity contribution in [1.82, 2.24) is 0 Å². The molecule has 38 heavy (non-hydrogen) atoms. The largest absolute Gasteiger partial charge is 0.490 e. The molecule has 0 spiro atoms. The molecule has 2 rings (SSSR count). The van der Waals surface area contributed by atoms with Crippen molar-refractivity contribution >= 4 is 10.4 Å². The van der Waals surface area contributed by atoms with Crippen LogP contribution >= 0.6 is 0 Å². The van der Waals surface area contributed by atoms with Gasteiger partial charge in [-0.25, -0.2) is 4.18 Å². The van der Waals surface area contributed by atoms with Gasteiger partial charge in [0.15, 0.2) is 0 Å². The van der Waals surface area contributed by atoms with E-state index in [1.54, 1.807) is 12.2 Å². The van der Waals surface area contributed by atoms with Crippen molar-refractivity contribution in [1.29, 1.82) is 0 Å². The quantitative estimate of drug-likeness (QED) is 0.139. The zero-order valence-electron chi connectivity index (χ0n) is 21.8. The van der Waals surface area contributed by atoms with E-state index in [4.69, 9.17) is 28.2 Å². The molecule has 0 fully saturated rings. The summed E-state index contributed by atoms with van der Waals surface area (Å²) in [4.78, 5) is 0. The molecule has 210 valence electrons. The molecule has 0 saturated carbocycles. The van der Waals surface area contributed by atoms with Crippen LogP contribution in [0.5, 0.6) is 5.75 Å². The highest BCUT2D eigenvalue weighted by molar-refractivity contribution is 7.80. The molecule has 3 unspecified atom stereocenters. The monoisotopic (exact) mass is 550 g/mol. The molecular formula is C28H38O9S. The van der Waals surface area contributed by atoms with Crippen molar-refractivity contribution in [3.05, 3.63) is 91.0 Å². The minimum atomic E-state index is -4.54. The molecule has 0 radical (unpaired) electrons. The number of hydrogen-bond acceptors (Lipinski definition) is 8. The Bertz CT molecular complexity index is 1040. The second kappa shape index (κ2) is 17.8. The van der Waals surface area contributed by atoms with E-state index in [0.29, 0.717) is 13.2 Å². The van der Waals surface area contributed by atoms with Crippen LogP contribution in [0, 0.1) is 0 Å². The molecule has 0 bridgehead atoms. The van der Waals surface area contributed by atoms with E-state index in [0.717, 1.165) is 11.3 Å². The van der Waals surface area contributed by atoms with Crippen LogP contribution in [0.15, 0.2) is 79.9 Å². The molecule has 0 heterocycles.